The average molecular weight is 437 g/mol. The summed E-state index contributed by atoms with van der Waals surface area (Å²) >= 11 is 1.43. The Kier molecular flexibility index (Phi) is 5.81. The first-order valence-corrected chi connectivity index (χ1v) is 10.7. The largest absolute Gasteiger partial charge is 0.340 e. The molecule has 0 aliphatic rings. The number of hydrogen-bond donors (Lipinski definition) is 2. The predicted octanol–water partition coefficient (Wildman–Crippen LogP) is 4.60. The molecule has 0 aliphatic heterocycles. The first kappa shape index (κ1) is 20.7. The molecule has 8 heteroatoms. The second kappa shape index (κ2) is 8.69. The van der Waals surface area contributed by atoms with Gasteiger partial charge in [-0.2, -0.15) is 0 Å². The van der Waals surface area contributed by atoms with E-state index >= 15 is 0 Å². The lowest BCUT2D eigenvalue weighted by molar-refractivity contribution is -0.118. The van der Waals surface area contributed by atoms with Gasteiger partial charge in [0, 0.05) is 22.7 Å². The van der Waals surface area contributed by atoms with Gasteiger partial charge in [-0.05, 0) is 42.3 Å². The monoisotopic (exact) mass is 436 g/mol. The Morgan fingerprint density at radius 3 is 2.45 bits per heavy atom. The van der Waals surface area contributed by atoms with Gasteiger partial charge in [-0.3, -0.25) is 14.0 Å². The van der Waals surface area contributed by atoms with Crippen LogP contribution in [-0.2, 0) is 4.79 Å². The normalized spacial score (nSPS) is 12.1. The summed E-state index contributed by atoms with van der Waals surface area (Å²) in [6, 6.07) is 14.0. The van der Waals surface area contributed by atoms with Crippen molar-refractivity contribution >= 4 is 33.9 Å². The molecule has 0 bridgehead atoms. The minimum absolute atomic E-state index is 0.146. The second-order valence-electron chi connectivity index (χ2n) is 7.42. The van der Waals surface area contributed by atoms with Crippen LogP contribution >= 0.6 is 11.3 Å². The quantitative estimate of drug-likeness (QED) is 0.464. The summed E-state index contributed by atoms with van der Waals surface area (Å²) in [5, 5.41) is 7.62. The fourth-order valence-corrected chi connectivity index (χ4v) is 3.97. The van der Waals surface area contributed by atoms with Gasteiger partial charge in [0.1, 0.15) is 23.4 Å². The summed E-state index contributed by atoms with van der Waals surface area (Å²) in [4.78, 5) is 31.1. The van der Waals surface area contributed by atoms with E-state index in [0.717, 1.165) is 0 Å². The first-order valence-electron chi connectivity index (χ1n) is 9.82. The first-order chi connectivity index (χ1) is 14.9. The van der Waals surface area contributed by atoms with Gasteiger partial charge in [0.2, 0.25) is 5.91 Å². The van der Waals surface area contributed by atoms with Gasteiger partial charge in [0.25, 0.3) is 5.91 Å². The molecule has 6 nitrogen and oxygen atoms in total. The van der Waals surface area contributed by atoms with E-state index in [1.54, 1.807) is 40.8 Å². The number of rotatable bonds is 6. The number of imidazole rings is 1. The highest BCUT2D eigenvalue weighted by atomic mass is 32.1. The highest BCUT2D eigenvalue weighted by Crippen LogP contribution is 2.31. The van der Waals surface area contributed by atoms with Crippen molar-refractivity contribution in [2.75, 3.05) is 5.32 Å². The number of halogens is 1. The van der Waals surface area contributed by atoms with Crippen LogP contribution in [0, 0.1) is 11.7 Å². The van der Waals surface area contributed by atoms with Crippen molar-refractivity contribution in [2.24, 2.45) is 5.92 Å². The Hall–Kier alpha value is -3.52. The average Bonchev–Trinajstić information content (AvgIpc) is 3.35. The standard InChI is InChI=1S/C23H21FN4O2S/c1-14(2)18(25-21(29)16-6-4-3-5-7-16)22(30)27-20-19(15-8-10-17(24)11-9-15)26-23-28(20)12-13-31-23/h3-14,18H,1-2H3,(H,25,29)(H,27,30)/t18-/m0/s1. The second-order valence-corrected chi connectivity index (χ2v) is 8.29. The summed E-state index contributed by atoms with van der Waals surface area (Å²) < 4.78 is 15.2. The number of thiazole rings is 1. The van der Waals surface area contributed by atoms with Crippen LogP contribution in [0.1, 0.15) is 24.2 Å². The SMILES string of the molecule is CC(C)[C@H](NC(=O)c1ccccc1)C(=O)Nc1c(-c2ccc(F)cc2)nc2sccn12. The maximum atomic E-state index is 13.4. The maximum Gasteiger partial charge on any atom is 0.251 e. The molecule has 2 aromatic heterocycles. The van der Waals surface area contributed by atoms with E-state index < -0.39 is 6.04 Å². The Bertz CT molecular complexity index is 1220. The third kappa shape index (κ3) is 4.34. The van der Waals surface area contributed by atoms with Crippen LogP contribution in [0.3, 0.4) is 0 Å². The van der Waals surface area contributed by atoms with Crippen LogP contribution < -0.4 is 10.6 Å². The molecule has 0 saturated carbocycles. The number of aromatic nitrogens is 2. The summed E-state index contributed by atoms with van der Waals surface area (Å²) in [5.74, 6) is -0.683. The van der Waals surface area contributed by atoms with E-state index in [1.165, 1.54) is 23.5 Å². The van der Waals surface area contributed by atoms with E-state index in [4.69, 9.17) is 0 Å². The number of fused-ring (bicyclic) bond motifs is 1. The number of carbonyl (C=O) groups is 2. The third-order valence-electron chi connectivity index (χ3n) is 4.89. The van der Waals surface area contributed by atoms with Crippen LogP contribution in [0.4, 0.5) is 10.2 Å². The number of amides is 2. The third-order valence-corrected chi connectivity index (χ3v) is 5.65. The summed E-state index contributed by atoms with van der Waals surface area (Å²) in [6.45, 7) is 3.74. The van der Waals surface area contributed by atoms with Crippen molar-refractivity contribution < 1.29 is 14.0 Å². The minimum Gasteiger partial charge on any atom is -0.340 e. The molecule has 2 aromatic carbocycles. The molecule has 4 rings (SSSR count). The lowest BCUT2D eigenvalue weighted by Gasteiger charge is -2.22. The van der Waals surface area contributed by atoms with Crippen LogP contribution in [0.15, 0.2) is 66.2 Å². The van der Waals surface area contributed by atoms with Crippen molar-refractivity contribution in [3.05, 3.63) is 77.6 Å². The zero-order valence-electron chi connectivity index (χ0n) is 17.0. The van der Waals surface area contributed by atoms with E-state index in [2.05, 4.69) is 15.6 Å². The smallest absolute Gasteiger partial charge is 0.251 e. The Morgan fingerprint density at radius 2 is 1.77 bits per heavy atom. The Balaban J connectivity index is 1.63. The van der Waals surface area contributed by atoms with Crippen molar-refractivity contribution in [1.82, 2.24) is 14.7 Å². The molecule has 0 saturated heterocycles. The highest BCUT2D eigenvalue weighted by Gasteiger charge is 2.27. The molecule has 2 N–H and O–H groups in total. The molecule has 0 fully saturated rings. The highest BCUT2D eigenvalue weighted by molar-refractivity contribution is 7.15. The van der Waals surface area contributed by atoms with Gasteiger partial charge in [0.15, 0.2) is 4.96 Å². The molecule has 4 aromatic rings. The zero-order valence-corrected chi connectivity index (χ0v) is 17.8. The number of hydrogen-bond acceptors (Lipinski definition) is 4. The number of carbonyl (C=O) groups excluding carboxylic acids is 2. The topological polar surface area (TPSA) is 75.5 Å². The Labute approximate surface area is 182 Å². The summed E-state index contributed by atoms with van der Waals surface area (Å²) in [5.41, 5.74) is 1.71. The summed E-state index contributed by atoms with van der Waals surface area (Å²) in [7, 11) is 0. The molecule has 0 radical (unpaired) electrons. The summed E-state index contributed by atoms with van der Waals surface area (Å²) in [6.07, 6.45) is 1.81. The van der Waals surface area contributed by atoms with Crippen LogP contribution in [-0.4, -0.2) is 27.2 Å². The van der Waals surface area contributed by atoms with Gasteiger partial charge in [-0.1, -0.05) is 32.0 Å². The van der Waals surface area contributed by atoms with Crippen LogP contribution in [0.5, 0.6) is 0 Å². The molecule has 2 amide bonds. The van der Waals surface area contributed by atoms with Gasteiger partial charge in [-0.25, -0.2) is 9.37 Å². The molecular weight excluding hydrogens is 415 g/mol. The molecule has 0 spiro atoms. The van der Waals surface area contributed by atoms with Gasteiger partial charge in [0.05, 0.1) is 0 Å². The Morgan fingerprint density at radius 1 is 1.06 bits per heavy atom. The molecule has 1 atom stereocenters. The number of nitrogens with zero attached hydrogens (tertiary/aromatic N) is 2. The molecule has 0 aliphatic carbocycles. The predicted molar refractivity (Wildman–Crippen MR) is 120 cm³/mol. The maximum absolute atomic E-state index is 13.4. The van der Waals surface area contributed by atoms with Crippen LogP contribution in [0.2, 0.25) is 0 Å². The number of nitrogens with one attached hydrogen (secondary N) is 2. The van der Waals surface area contributed by atoms with Gasteiger partial charge < -0.3 is 10.6 Å². The lowest BCUT2D eigenvalue weighted by atomic mass is 10.0. The minimum atomic E-state index is -0.752. The van der Waals surface area contributed by atoms with Gasteiger partial charge in [-0.15, -0.1) is 11.3 Å². The zero-order chi connectivity index (χ0) is 22.0. The van der Waals surface area contributed by atoms with Crippen molar-refractivity contribution in [2.45, 2.75) is 19.9 Å². The van der Waals surface area contributed by atoms with E-state index in [-0.39, 0.29) is 23.5 Å². The molecule has 0 unspecified atom stereocenters. The number of benzene rings is 2. The van der Waals surface area contributed by atoms with Crippen molar-refractivity contribution in [3.63, 3.8) is 0 Å². The van der Waals surface area contributed by atoms with Crippen molar-refractivity contribution in [1.29, 1.82) is 0 Å². The van der Waals surface area contributed by atoms with Gasteiger partial charge >= 0.3 is 0 Å². The lowest BCUT2D eigenvalue weighted by Crippen LogP contribution is -2.47. The molecule has 31 heavy (non-hydrogen) atoms. The van der Waals surface area contributed by atoms with E-state index in [0.29, 0.717) is 27.6 Å². The van der Waals surface area contributed by atoms with E-state index in [1.807, 2.05) is 31.5 Å². The fourth-order valence-electron chi connectivity index (χ4n) is 3.26. The number of anilines is 1. The van der Waals surface area contributed by atoms with E-state index in [9.17, 15) is 14.0 Å². The molecule has 158 valence electrons. The fraction of sp³-hybridized carbons (Fsp3) is 0.174. The molecular formula is C23H21FN4O2S. The molecule has 2 heterocycles. The van der Waals surface area contributed by atoms with Crippen molar-refractivity contribution in [3.8, 4) is 11.3 Å². The van der Waals surface area contributed by atoms with Crippen LogP contribution in [0.25, 0.3) is 16.2 Å².